The van der Waals surface area contributed by atoms with Crippen LogP contribution in [-0.4, -0.2) is 29.9 Å². The van der Waals surface area contributed by atoms with Crippen LogP contribution in [0.1, 0.15) is 22.5 Å². The van der Waals surface area contributed by atoms with Crippen molar-refractivity contribution in [3.63, 3.8) is 0 Å². The number of nitrogens with zero attached hydrogens (tertiary/aromatic N) is 1. The van der Waals surface area contributed by atoms with Crippen LogP contribution in [0.15, 0.2) is 41.8 Å². The quantitative estimate of drug-likeness (QED) is 0.624. The number of halogens is 1. The molecule has 0 aliphatic carbocycles. The van der Waals surface area contributed by atoms with Crippen molar-refractivity contribution in [2.45, 2.75) is 12.8 Å². The molecule has 120 valence electrons. The summed E-state index contributed by atoms with van der Waals surface area (Å²) in [5.74, 6) is -0.0471. The number of esters is 1. The van der Waals surface area contributed by atoms with E-state index in [2.05, 4.69) is 0 Å². The summed E-state index contributed by atoms with van der Waals surface area (Å²) < 4.78 is 5.38. The van der Waals surface area contributed by atoms with Crippen molar-refractivity contribution in [3.8, 4) is 5.75 Å². The number of hydrogen-bond donors (Lipinski definition) is 0. The van der Waals surface area contributed by atoms with Gasteiger partial charge in [-0.15, -0.1) is 11.3 Å². The van der Waals surface area contributed by atoms with Gasteiger partial charge >= 0.3 is 5.97 Å². The van der Waals surface area contributed by atoms with Crippen molar-refractivity contribution in [2.75, 3.05) is 13.1 Å². The number of amides is 1. The number of carbonyl (C=O) groups excluding carboxylic acids is 2. The molecule has 3 rings (SSSR count). The molecule has 0 N–H and O–H groups in total. The minimum Gasteiger partial charge on any atom is -0.425 e. The van der Waals surface area contributed by atoms with Crippen molar-refractivity contribution in [2.24, 2.45) is 5.92 Å². The molecule has 1 aliphatic heterocycles. The maximum atomic E-state index is 12.3. The molecule has 1 fully saturated rings. The molecule has 0 bridgehead atoms. The van der Waals surface area contributed by atoms with Crippen molar-refractivity contribution in [1.82, 2.24) is 4.90 Å². The van der Waals surface area contributed by atoms with E-state index >= 15 is 0 Å². The van der Waals surface area contributed by atoms with E-state index in [1.54, 1.807) is 29.2 Å². The second-order valence-corrected chi connectivity index (χ2v) is 6.75. The van der Waals surface area contributed by atoms with Gasteiger partial charge in [0.2, 0.25) is 0 Å². The molecule has 2 heterocycles. The van der Waals surface area contributed by atoms with Gasteiger partial charge < -0.3 is 9.64 Å². The van der Waals surface area contributed by atoms with Crippen molar-refractivity contribution in [3.05, 3.63) is 51.7 Å². The van der Waals surface area contributed by atoms with Gasteiger partial charge in [-0.25, -0.2) is 0 Å². The van der Waals surface area contributed by atoms with Crippen LogP contribution < -0.4 is 4.74 Å². The molecule has 0 atom stereocenters. The highest BCUT2D eigenvalue weighted by atomic mass is 35.5. The van der Waals surface area contributed by atoms with Crippen LogP contribution >= 0.6 is 22.9 Å². The topological polar surface area (TPSA) is 46.6 Å². The third-order valence-electron chi connectivity index (χ3n) is 3.89. The molecular formula is C17H16ClNO3S. The number of piperidine rings is 1. The van der Waals surface area contributed by atoms with E-state index < -0.39 is 0 Å². The first-order valence-corrected chi connectivity index (χ1v) is 8.70. The number of ether oxygens (including phenoxy) is 1. The van der Waals surface area contributed by atoms with Crippen molar-refractivity contribution in [1.29, 1.82) is 0 Å². The Morgan fingerprint density at radius 2 is 1.87 bits per heavy atom. The summed E-state index contributed by atoms with van der Waals surface area (Å²) in [6, 6.07) is 10.6. The Morgan fingerprint density at radius 3 is 2.52 bits per heavy atom. The standard InChI is InChI=1S/C17H16ClNO3S/c18-13-4-1-2-5-14(13)22-17(21)12-7-9-19(10-8-12)16(20)15-6-3-11-23-15/h1-6,11-12H,7-10H2. The zero-order valence-electron chi connectivity index (χ0n) is 12.4. The lowest BCUT2D eigenvalue weighted by atomic mass is 9.97. The number of rotatable bonds is 3. The number of thiophene rings is 1. The Bertz CT molecular complexity index is 694. The first kappa shape index (κ1) is 16.0. The molecule has 1 aliphatic rings. The van der Waals surface area contributed by atoms with Gasteiger partial charge in [0.1, 0.15) is 5.75 Å². The molecule has 1 aromatic heterocycles. The Balaban J connectivity index is 1.55. The fourth-order valence-corrected chi connectivity index (χ4v) is 3.46. The monoisotopic (exact) mass is 349 g/mol. The van der Waals surface area contributed by atoms with Crippen LogP contribution in [0.3, 0.4) is 0 Å². The van der Waals surface area contributed by atoms with Gasteiger partial charge in [0.05, 0.1) is 15.8 Å². The van der Waals surface area contributed by atoms with Crippen LogP contribution in [0.4, 0.5) is 0 Å². The highest BCUT2D eigenvalue weighted by Gasteiger charge is 2.29. The lowest BCUT2D eigenvalue weighted by Gasteiger charge is -2.30. The predicted molar refractivity (Wildman–Crippen MR) is 90.0 cm³/mol. The summed E-state index contributed by atoms with van der Waals surface area (Å²) in [4.78, 5) is 27.1. The van der Waals surface area contributed by atoms with Gasteiger partial charge in [-0.05, 0) is 36.4 Å². The Labute approximate surface area is 143 Å². The second kappa shape index (κ2) is 7.15. The number of para-hydroxylation sites is 1. The fraction of sp³-hybridized carbons (Fsp3) is 0.294. The summed E-state index contributed by atoms with van der Waals surface area (Å²) in [6.07, 6.45) is 1.22. The van der Waals surface area contributed by atoms with Gasteiger partial charge in [-0.1, -0.05) is 29.8 Å². The molecule has 1 amide bonds. The molecule has 0 unspecified atom stereocenters. The molecule has 2 aromatic rings. The van der Waals surface area contributed by atoms with Crippen LogP contribution in [0.25, 0.3) is 0 Å². The highest BCUT2D eigenvalue weighted by molar-refractivity contribution is 7.12. The molecule has 0 spiro atoms. The predicted octanol–water partition coefficient (Wildman–Crippen LogP) is 3.86. The van der Waals surface area contributed by atoms with Crippen LogP contribution in [0.2, 0.25) is 5.02 Å². The molecule has 0 radical (unpaired) electrons. The molecule has 0 saturated carbocycles. The normalized spacial score (nSPS) is 15.4. The molecule has 6 heteroatoms. The average molecular weight is 350 g/mol. The maximum absolute atomic E-state index is 12.3. The number of likely N-dealkylation sites (tertiary alicyclic amines) is 1. The zero-order chi connectivity index (χ0) is 16.2. The Kier molecular flexibility index (Phi) is 4.98. The van der Waals surface area contributed by atoms with E-state index in [0.717, 1.165) is 4.88 Å². The SMILES string of the molecule is O=C(Oc1ccccc1Cl)C1CCN(C(=O)c2cccs2)CC1. The molecular weight excluding hydrogens is 334 g/mol. The zero-order valence-corrected chi connectivity index (χ0v) is 14.0. The van der Waals surface area contributed by atoms with E-state index in [1.165, 1.54) is 11.3 Å². The van der Waals surface area contributed by atoms with Crippen molar-refractivity contribution >= 4 is 34.8 Å². The van der Waals surface area contributed by atoms with Gasteiger partial charge in [-0.2, -0.15) is 0 Å². The van der Waals surface area contributed by atoms with Crippen LogP contribution in [0.5, 0.6) is 5.75 Å². The van der Waals surface area contributed by atoms with Gasteiger partial charge in [-0.3, -0.25) is 9.59 Å². The highest BCUT2D eigenvalue weighted by Crippen LogP contribution is 2.27. The van der Waals surface area contributed by atoms with Crippen molar-refractivity contribution < 1.29 is 14.3 Å². The van der Waals surface area contributed by atoms with Crippen LogP contribution in [0, 0.1) is 5.92 Å². The maximum Gasteiger partial charge on any atom is 0.314 e. The van der Waals surface area contributed by atoms with E-state index in [1.807, 2.05) is 17.5 Å². The summed E-state index contributed by atoms with van der Waals surface area (Å²) in [5.41, 5.74) is 0. The lowest BCUT2D eigenvalue weighted by molar-refractivity contribution is -0.140. The number of carbonyl (C=O) groups is 2. The third-order valence-corrected chi connectivity index (χ3v) is 5.06. The largest absolute Gasteiger partial charge is 0.425 e. The minimum absolute atomic E-state index is 0.0397. The first-order chi connectivity index (χ1) is 11.1. The summed E-state index contributed by atoms with van der Waals surface area (Å²) >= 11 is 7.44. The van der Waals surface area contributed by atoms with E-state index in [0.29, 0.717) is 36.7 Å². The summed E-state index contributed by atoms with van der Waals surface area (Å²) in [6.45, 7) is 1.14. The molecule has 4 nitrogen and oxygen atoms in total. The smallest absolute Gasteiger partial charge is 0.314 e. The van der Waals surface area contributed by atoms with Gasteiger partial charge in [0, 0.05) is 13.1 Å². The average Bonchev–Trinajstić information content (AvgIpc) is 3.11. The minimum atomic E-state index is -0.277. The van der Waals surface area contributed by atoms with Gasteiger partial charge in [0.25, 0.3) is 5.91 Å². The number of hydrogen-bond acceptors (Lipinski definition) is 4. The van der Waals surface area contributed by atoms with Gasteiger partial charge in [0.15, 0.2) is 0 Å². The lowest BCUT2D eigenvalue weighted by Crippen LogP contribution is -2.40. The number of benzene rings is 1. The molecule has 1 saturated heterocycles. The fourth-order valence-electron chi connectivity index (χ4n) is 2.59. The van der Waals surface area contributed by atoms with E-state index in [4.69, 9.17) is 16.3 Å². The first-order valence-electron chi connectivity index (χ1n) is 7.44. The Hall–Kier alpha value is -1.85. The van der Waals surface area contributed by atoms with E-state index in [-0.39, 0.29) is 17.8 Å². The summed E-state index contributed by atoms with van der Waals surface area (Å²) in [7, 11) is 0. The molecule has 1 aromatic carbocycles. The molecule has 23 heavy (non-hydrogen) atoms. The summed E-state index contributed by atoms with van der Waals surface area (Å²) in [5, 5.41) is 2.31. The second-order valence-electron chi connectivity index (χ2n) is 5.40. The van der Waals surface area contributed by atoms with E-state index in [9.17, 15) is 9.59 Å². The van der Waals surface area contributed by atoms with Crippen LogP contribution in [-0.2, 0) is 4.79 Å². The Morgan fingerprint density at radius 1 is 1.13 bits per heavy atom. The third kappa shape index (κ3) is 3.74.